The number of halogens is 2. The number of anilines is 2. The minimum Gasteiger partial charge on any atom is -0.465 e. The molecule has 1 fully saturated rings. The monoisotopic (exact) mass is 510 g/mol. The number of aromatic nitrogens is 1. The first-order valence-corrected chi connectivity index (χ1v) is 11.5. The van der Waals surface area contributed by atoms with Gasteiger partial charge in [0, 0.05) is 18.8 Å². The van der Waals surface area contributed by atoms with Crippen molar-refractivity contribution in [1.29, 1.82) is 0 Å². The number of hydrogen-bond donors (Lipinski definition) is 3. The van der Waals surface area contributed by atoms with E-state index in [1.165, 1.54) is 7.11 Å². The predicted octanol–water partition coefficient (Wildman–Crippen LogP) is 4.77. The molecule has 1 saturated heterocycles. The molecular weight excluding hydrogens is 483 g/mol. The van der Waals surface area contributed by atoms with E-state index in [0.29, 0.717) is 42.1 Å². The highest BCUT2D eigenvalue weighted by Gasteiger charge is 2.29. The quantitative estimate of drug-likeness (QED) is 0.499. The van der Waals surface area contributed by atoms with Gasteiger partial charge in [0.05, 0.1) is 40.1 Å². The van der Waals surface area contributed by atoms with Gasteiger partial charge in [0.2, 0.25) is 0 Å². The molecule has 1 atom stereocenters. The third kappa shape index (κ3) is 5.95. The molecule has 11 heteroatoms. The van der Waals surface area contributed by atoms with E-state index in [0.717, 1.165) is 0 Å². The fourth-order valence-corrected chi connectivity index (χ4v) is 4.04. The number of rotatable bonds is 5. The van der Waals surface area contributed by atoms with Gasteiger partial charge in [-0.05, 0) is 52.3 Å². The second kappa shape index (κ2) is 10.1. The van der Waals surface area contributed by atoms with Gasteiger partial charge < -0.3 is 30.0 Å². The number of amides is 2. The Morgan fingerprint density at radius 2 is 1.88 bits per heavy atom. The first kappa shape index (κ1) is 25.7. The van der Waals surface area contributed by atoms with Gasteiger partial charge in [-0.3, -0.25) is 4.79 Å². The van der Waals surface area contributed by atoms with Crippen molar-refractivity contribution in [2.45, 2.75) is 45.8 Å². The van der Waals surface area contributed by atoms with Crippen LogP contribution in [0.25, 0.3) is 0 Å². The van der Waals surface area contributed by atoms with E-state index < -0.39 is 23.6 Å². The number of methoxy groups -OCH3 is 1. The summed E-state index contributed by atoms with van der Waals surface area (Å²) in [6.07, 6.45) is 0.164. The number of H-pyrrole nitrogens is 1. The average molecular weight is 511 g/mol. The normalized spacial score (nSPS) is 15.7. The molecule has 184 valence electrons. The van der Waals surface area contributed by atoms with Gasteiger partial charge >= 0.3 is 12.1 Å². The Morgan fingerprint density at radius 3 is 2.47 bits per heavy atom. The standard InChI is InChI=1S/C23H28Cl2N4O5/c1-12-17(24)18(25)19(26-12)20(30)28-15-7-6-13(21(31)33-5)10-16(15)29-9-8-14(11-29)27-22(32)34-23(2,3)4/h6-7,10,14,26H,8-9,11H2,1-5H3,(H,27,32)(H,28,30). The van der Waals surface area contributed by atoms with Crippen molar-refractivity contribution in [2.24, 2.45) is 0 Å². The molecule has 1 aliphatic heterocycles. The molecule has 1 unspecified atom stereocenters. The largest absolute Gasteiger partial charge is 0.465 e. The topological polar surface area (TPSA) is 113 Å². The Bertz CT molecular complexity index is 1110. The average Bonchev–Trinajstić information content (AvgIpc) is 3.31. The van der Waals surface area contributed by atoms with Crippen molar-refractivity contribution in [2.75, 3.05) is 30.4 Å². The SMILES string of the molecule is COC(=O)c1ccc(NC(=O)c2[nH]c(C)c(Cl)c2Cl)c(N2CCC(NC(=O)OC(C)(C)C)C2)c1. The second-order valence-corrected chi connectivity index (χ2v) is 9.76. The third-order valence-corrected chi connectivity index (χ3v) is 6.14. The zero-order chi connectivity index (χ0) is 25.2. The van der Waals surface area contributed by atoms with Gasteiger partial charge in [-0.15, -0.1) is 0 Å². The van der Waals surface area contributed by atoms with Gasteiger partial charge in [-0.25, -0.2) is 9.59 Å². The van der Waals surface area contributed by atoms with Crippen LogP contribution in [0.15, 0.2) is 18.2 Å². The van der Waals surface area contributed by atoms with Crippen molar-refractivity contribution in [1.82, 2.24) is 10.3 Å². The van der Waals surface area contributed by atoms with E-state index in [1.54, 1.807) is 45.9 Å². The van der Waals surface area contributed by atoms with Gasteiger partial charge in [0.25, 0.3) is 5.91 Å². The van der Waals surface area contributed by atoms with Crippen LogP contribution in [0.5, 0.6) is 0 Å². The third-order valence-electron chi connectivity index (χ3n) is 5.20. The predicted molar refractivity (Wildman–Crippen MR) is 131 cm³/mol. The lowest BCUT2D eigenvalue weighted by Crippen LogP contribution is -2.40. The zero-order valence-electron chi connectivity index (χ0n) is 19.7. The highest BCUT2D eigenvalue weighted by molar-refractivity contribution is 6.44. The van der Waals surface area contributed by atoms with Crippen molar-refractivity contribution < 1.29 is 23.9 Å². The van der Waals surface area contributed by atoms with E-state index >= 15 is 0 Å². The number of aryl methyl sites for hydroxylation is 1. The van der Waals surface area contributed by atoms with Gasteiger partial charge in [-0.1, -0.05) is 23.2 Å². The molecule has 2 amide bonds. The Kier molecular flexibility index (Phi) is 7.67. The Labute approximate surface area is 208 Å². The van der Waals surface area contributed by atoms with Crippen molar-refractivity contribution in [3.8, 4) is 0 Å². The molecule has 34 heavy (non-hydrogen) atoms. The summed E-state index contributed by atoms with van der Waals surface area (Å²) in [5.41, 5.74) is 1.52. The molecule has 3 rings (SSSR count). The molecule has 0 saturated carbocycles. The highest BCUT2D eigenvalue weighted by atomic mass is 35.5. The van der Waals surface area contributed by atoms with Crippen molar-refractivity contribution in [3.05, 3.63) is 45.2 Å². The molecule has 2 aromatic rings. The summed E-state index contributed by atoms with van der Waals surface area (Å²) in [5, 5.41) is 6.12. The van der Waals surface area contributed by atoms with Gasteiger partial charge in [0.1, 0.15) is 11.3 Å². The molecule has 3 N–H and O–H groups in total. The molecule has 2 heterocycles. The fraction of sp³-hybridized carbons (Fsp3) is 0.435. The Morgan fingerprint density at radius 1 is 1.18 bits per heavy atom. The summed E-state index contributed by atoms with van der Waals surface area (Å²) in [5.74, 6) is -0.980. The summed E-state index contributed by atoms with van der Waals surface area (Å²) >= 11 is 12.3. The zero-order valence-corrected chi connectivity index (χ0v) is 21.2. The van der Waals surface area contributed by atoms with Crippen LogP contribution < -0.4 is 15.5 Å². The number of aromatic amines is 1. The maximum atomic E-state index is 12.9. The maximum absolute atomic E-state index is 12.9. The smallest absolute Gasteiger partial charge is 0.407 e. The maximum Gasteiger partial charge on any atom is 0.407 e. The van der Waals surface area contributed by atoms with Crippen LogP contribution in [0, 0.1) is 6.92 Å². The minimum absolute atomic E-state index is 0.132. The number of benzene rings is 1. The van der Waals surface area contributed by atoms with Crippen LogP contribution in [0.3, 0.4) is 0 Å². The van der Waals surface area contributed by atoms with E-state index in [4.69, 9.17) is 32.7 Å². The van der Waals surface area contributed by atoms with E-state index in [-0.39, 0.29) is 21.8 Å². The van der Waals surface area contributed by atoms with Crippen LogP contribution in [-0.2, 0) is 9.47 Å². The Hall–Kier alpha value is -2.91. The number of hydrogen-bond acceptors (Lipinski definition) is 6. The molecule has 1 aromatic heterocycles. The Balaban J connectivity index is 1.83. The number of alkyl carbamates (subject to hydrolysis) is 1. The molecular formula is C23H28Cl2N4O5. The molecule has 0 spiro atoms. The molecule has 0 radical (unpaired) electrons. The fourth-order valence-electron chi connectivity index (χ4n) is 3.63. The number of nitrogens with one attached hydrogen (secondary N) is 3. The van der Waals surface area contributed by atoms with Gasteiger partial charge in [0.15, 0.2) is 0 Å². The minimum atomic E-state index is -0.602. The summed E-state index contributed by atoms with van der Waals surface area (Å²) in [4.78, 5) is 42.1. The lowest BCUT2D eigenvalue weighted by Gasteiger charge is -2.24. The van der Waals surface area contributed by atoms with E-state index in [1.807, 2.05) is 4.90 Å². The van der Waals surface area contributed by atoms with Crippen LogP contribution in [0.4, 0.5) is 16.2 Å². The van der Waals surface area contributed by atoms with E-state index in [2.05, 4.69) is 15.6 Å². The number of carbonyl (C=O) groups excluding carboxylic acids is 3. The van der Waals surface area contributed by atoms with E-state index in [9.17, 15) is 14.4 Å². The molecule has 1 aromatic carbocycles. The number of nitrogens with zero attached hydrogens (tertiary/aromatic N) is 1. The first-order chi connectivity index (χ1) is 15.9. The summed E-state index contributed by atoms with van der Waals surface area (Å²) < 4.78 is 10.2. The van der Waals surface area contributed by atoms with Crippen LogP contribution in [0.1, 0.15) is 53.7 Å². The summed E-state index contributed by atoms with van der Waals surface area (Å²) in [6, 6.07) is 4.66. The number of esters is 1. The van der Waals surface area contributed by atoms with Crippen LogP contribution in [-0.4, -0.2) is 54.8 Å². The molecule has 9 nitrogen and oxygen atoms in total. The number of carbonyl (C=O) groups is 3. The highest BCUT2D eigenvalue weighted by Crippen LogP contribution is 2.33. The van der Waals surface area contributed by atoms with Crippen LogP contribution >= 0.6 is 23.2 Å². The number of ether oxygens (including phenoxy) is 2. The van der Waals surface area contributed by atoms with Gasteiger partial charge in [-0.2, -0.15) is 0 Å². The van der Waals surface area contributed by atoms with Crippen LogP contribution in [0.2, 0.25) is 10.0 Å². The summed E-state index contributed by atoms with van der Waals surface area (Å²) in [6.45, 7) is 8.15. The first-order valence-electron chi connectivity index (χ1n) is 10.7. The van der Waals surface area contributed by atoms with Crippen molar-refractivity contribution >= 4 is 52.5 Å². The lowest BCUT2D eigenvalue weighted by molar-refractivity contribution is 0.0508. The molecule has 0 aliphatic carbocycles. The molecule has 1 aliphatic rings. The lowest BCUT2D eigenvalue weighted by atomic mass is 10.1. The molecule has 0 bridgehead atoms. The second-order valence-electron chi connectivity index (χ2n) is 9.01. The summed E-state index contributed by atoms with van der Waals surface area (Å²) in [7, 11) is 1.30. The van der Waals surface area contributed by atoms with Crippen molar-refractivity contribution in [3.63, 3.8) is 0 Å².